The van der Waals surface area contributed by atoms with Gasteiger partial charge in [0.05, 0.1) is 5.75 Å². The number of nitrogens with zero attached hydrogens (tertiary/aromatic N) is 1. The molecule has 156 valence electrons. The molecule has 29 heavy (non-hydrogen) atoms. The van der Waals surface area contributed by atoms with E-state index in [0.29, 0.717) is 13.0 Å². The average molecular weight is 415 g/mol. The molecule has 1 aliphatic heterocycles. The van der Waals surface area contributed by atoms with Crippen molar-refractivity contribution in [1.82, 2.24) is 5.32 Å². The smallest absolute Gasteiger partial charge is 0.235 e. The van der Waals surface area contributed by atoms with Crippen LogP contribution in [-0.2, 0) is 34.1 Å². The van der Waals surface area contributed by atoms with Gasteiger partial charge < -0.3 is 10.2 Å². The molecule has 0 fully saturated rings. The number of hydrogen-bond donors (Lipinski definition) is 1. The van der Waals surface area contributed by atoms with E-state index < -0.39 is 21.5 Å². The largest absolute Gasteiger partial charge is 0.367 e. The predicted octanol–water partition coefficient (Wildman–Crippen LogP) is 3.47. The van der Waals surface area contributed by atoms with Gasteiger partial charge in [-0.1, -0.05) is 62.2 Å². The molecule has 1 amide bonds. The molecule has 6 heteroatoms. The molecule has 0 aliphatic carbocycles. The van der Waals surface area contributed by atoms with E-state index in [9.17, 15) is 13.2 Å². The summed E-state index contributed by atoms with van der Waals surface area (Å²) in [5.41, 5.74) is 4.89. The topological polar surface area (TPSA) is 66.5 Å². The first kappa shape index (κ1) is 21.4. The highest BCUT2D eigenvalue weighted by Crippen LogP contribution is 2.28. The van der Waals surface area contributed by atoms with E-state index in [1.54, 1.807) is 0 Å². The van der Waals surface area contributed by atoms with Crippen LogP contribution in [0, 0.1) is 0 Å². The molecule has 0 atom stereocenters. The lowest BCUT2D eigenvalue weighted by Crippen LogP contribution is -2.30. The Morgan fingerprint density at radius 1 is 1.03 bits per heavy atom. The van der Waals surface area contributed by atoms with Gasteiger partial charge in [-0.25, -0.2) is 8.42 Å². The van der Waals surface area contributed by atoms with Gasteiger partial charge in [-0.05, 0) is 35.6 Å². The summed E-state index contributed by atoms with van der Waals surface area (Å²) < 4.78 is 23.9. The first-order chi connectivity index (χ1) is 14.0. The van der Waals surface area contributed by atoms with Crippen LogP contribution in [0.25, 0.3) is 0 Å². The van der Waals surface area contributed by atoms with Crippen LogP contribution in [0.2, 0.25) is 0 Å². The number of sulfone groups is 1. The highest BCUT2D eigenvalue weighted by molar-refractivity contribution is 7.92. The molecule has 2 aromatic carbocycles. The Morgan fingerprint density at radius 3 is 2.52 bits per heavy atom. The van der Waals surface area contributed by atoms with Gasteiger partial charge in [-0.2, -0.15) is 0 Å². The summed E-state index contributed by atoms with van der Waals surface area (Å²) in [5.74, 6) is -0.773. The van der Waals surface area contributed by atoms with Crippen molar-refractivity contribution < 1.29 is 13.2 Å². The molecule has 5 nitrogen and oxygen atoms in total. The third kappa shape index (κ3) is 6.32. The van der Waals surface area contributed by atoms with Crippen molar-refractivity contribution in [1.29, 1.82) is 0 Å². The van der Waals surface area contributed by atoms with Crippen molar-refractivity contribution >= 4 is 21.4 Å². The molecule has 0 unspecified atom stereocenters. The van der Waals surface area contributed by atoms with E-state index in [-0.39, 0.29) is 5.75 Å². The van der Waals surface area contributed by atoms with Crippen LogP contribution in [0.3, 0.4) is 0 Å². The Kier molecular flexibility index (Phi) is 7.31. The first-order valence-electron chi connectivity index (χ1n) is 10.3. The maximum absolute atomic E-state index is 12.0. The monoisotopic (exact) mass is 414 g/mol. The van der Waals surface area contributed by atoms with E-state index in [1.165, 1.54) is 16.8 Å². The van der Waals surface area contributed by atoms with E-state index in [2.05, 4.69) is 46.6 Å². The van der Waals surface area contributed by atoms with Crippen molar-refractivity contribution in [2.75, 3.05) is 23.0 Å². The summed E-state index contributed by atoms with van der Waals surface area (Å²) in [7, 11) is -3.32. The molecule has 1 N–H and O–H groups in total. The molecule has 0 saturated carbocycles. The third-order valence-corrected chi connectivity index (χ3v) is 6.89. The van der Waals surface area contributed by atoms with Gasteiger partial charge in [0, 0.05) is 25.3 Å². The van der Waals surface area contributed by atoms with Crippen LogP contribution in [-0.4, -0.2) is 32.4 Å². The maximum Gasteiger partial charge on any atom is 0.235 e. The van der Waals surface area contributed by atoms with E-state index in [4.69, 9.17) is 0 Å². The number of carbonyl (C=O) groups is 1. The number of fused-ring (bicyclic) bond motifs is 1. The fourth-order valence-corrected chi connectivity index (χ4v) is 4.94. The zero-order chi connectivity index (χ0) is 20.7. The van der Waals surface area contributed by atoms with Crippen LogP contribution in [0.4, 0.5) is 5.69 Å². The lowest BCUT2D eigenvalue weighted by Gasteiger charge is -2.19. The number of rotatable bonds is 10. The Hall–Kier alpha value is -2.34. The van der Waals surface area contributed by atoms with Gasteiger partial charge in [0.15, 0.2) is 9.84 Å². The first-order valence-corrected chi connectivity index (χ1v) is 12.2. The Morgan fingerprint density at radius 2 is 1.76 bits per heavy atom. The number of nitrogens with one attached hydrogen (secondary N) is 1. The molecule has 1 aliphatic rings. The number of para-hydroxylation sites is 1. The SMILES string of the molecule is CCCCCS(=O)(=O)CC(=O)NCc1ccc(CN2CCc3ccccc32)cc1. The summed E-state index contributed by atoms with van der Waals surface area (Å²) in [4.78, 5) is 14.4. The molecule has 0 radical (unpaired) electrons. The molecule has 3 rings (SSSR count). The second-order valence-corrected chi connectivity index (χ2v) is 9.88. The lowest BCUT2D eigenvalue weighted by molar-refractivity contribution is -0.118. The second kappa shape index (κ2) is 9.92. The van der Waals surface area contributed by atoms with Crippen molar-refractivity contribution in [3.8, 4) is 0 Å². The predicted molar refractivity (Wildman–Crippen MR) is 118 cm³/mol. The zero-order valence-electron chi connectivity index (χ0n) is 17.1. The summed E-state index contributed by atoms with van der Waals surface area (Å²) in [6.07, 6.45) is 3.54. The van der Waals surface area contributed by atoms with Crippen LogP contribution in [0.5, 0.6) is 0 Å². The number of anilines is 1. The lowest BCUT2D eigenvalue weighted by atomic mass is 10.1. The molecular weight excluding hydrogens is 384 g/mol. The molecule has 0 aromatic heterocycles. The minimum absolute atomic E-state index is 0.0859. The quantitative estimate of drug-likeness (QED) is 0.605. The van der Waals surface area contributed by atoms with Crippen molar-refractivity contribution in [3.05, 3.63) is 65.2 Å². The minimum atomic E-state index is -3.32. The summed E-state index contributed by atoms with van der Waals surface area (Å²) in [6, 6.07) is 16.6. The van der Waals surface area contributed by atoms with Gasteiger partial charge in [0.1, 0.15) is 5.75 Å². The Balaban J connectivity index is 1.47. The molecule has 2 aromatic rings. The van der Waals surface area contributed by atoms with Crippen LogP contribution in [0.1, 0.15) is 42.9 Å². The standard InChI is InChI=1S/C23H30N2O3S/c1-2-3-6-15-29(27,28)18-23(26)24-16-19-9-11-20(12-10-19)17-25-14-13-21-7-4-5-8-22(21)25/h4-5,7-12H,2-3,6,13-18H2,1H3,(H,24,26). The number of amides is 1. The Labute approximate surface area is 174 Å². The van der Waals surface area contributed by atoms with E-state index in [0.717, 1.165) is 37.9 Å². The Bertz CT molecular complexity index is 923. The minimum Gasteiger partial charge on any atom is -0.367 e. The maximum atomic E-state index is 12.0. The summed E-state index contributed by atoms with van der Waals surface area (Å²) in [5, 5.41) is 2.72. The van der Waals surface area contributed by atoms with Gasteiger partial charge >= 0.3 is 0 Å². The van der Waals surface area contributed by atoms with Gasteiger partial charge in [0.2, 0.25) is 5.91 Å². The fraction of sp³-hybridized carbons (Fsp3) is 0.435. The van der Waals surface area contributed by atoms with Crippen molar-refractivity contribution in [2.45, 2.75) is 45.7 Å². The van der Waals surface area contributed by atoms with Crippen LogP contribution in [0.15, 0.2) is 48.5 Å². The molecule has 0 spiro atoms. The van der Waals surface area contributed by atoms with Crippen molar-refractivity contribution in [3.63, 3.8) is 0 Å². The number of carbonyl (C=O) groups excluding carboxylic acids is 1. The van der Waals surface area contributed by atoms with Gasteiger partial charge in [-0.3, -0.25) is 4.79 Å². The van der Waals surface area contributed by atoms with Crippen molar-refractivity contribution in [2.24, 2.45) is 0 Å². The number of benzene rings is 2. The zero-order valence-corrected chi connectivity index (χ0v) is 17.9. The van der Waals surface area contributed by atoms with E-state index in [1.807, 2.05) is 19.1 Å². The number of unbranched alkanes of at least 4 members (excludes halogenated alkanes) is 2. The normalized spacial score (nSPS) is 13.3. The average Bonchev–Trinajstić information content (AvgIpc) is 3.10. The molecular formula is C23H30N2O3S. The highest BCUT2D eigenvalue weighted by atomic mass is 32.2. The van der Waals surface area contributed by atoms with Crippen LogP contribution >= 0.6 is 0 Å². The number of hydrogen-bond acceptors (Lipinski definition) is 4. The fourth-order valence-electron chi connectivity index (χ4n) is 3.65. The summed E-state index contributed by atoms with van der Waals surface area (Å²) in [6.45, 7) is 4.26. The third-order valence-electron chi connectivity index (χ3n) is 5.28. The highest BCUT2D eigenvalue weighted by Gasteiger charge is 2.18. The second-order valence-electron chi connectivity index (χ2n) is 7.69. The summed E-state index contributed by atoms with van der Waals surface area (Å²) >= 11 is 0. The van der Waals surface area contributed by atoms with E-state index >= 15 is 0 Å². The van der Waals surface area contributed by atoms with Gasteiger partial charge in [-0.15, -0.1) is 0 Å². The van der Waals surface area contributed by atoms with Gasteiger partial charge in [0.25, 0.3) is 0 Å². The van der Waals surface area contributed by atoms with Crippen LogP contribution < -0.4 is 10.2 Å². The molecule has 0 saturated heterocycles. The molecule has 0 bridgehead atoms. The molecule has 1 heterocycles.